The van der Waals surface area contributed by atoms with Gasteiger partial charge in [0.25, 0.3) is 0 Å². The first-order valence-electron chi connectivity index (χ1n) is 4.85. The van der Waals surface area contributed by atoms with E-state index in [-0.39, 0.29) is 0 Å². The Balaban J connectivity index is 2.02. The van der Waals surface area contributed by atoms with Crippen molar-refractivity contribution in [3.8, 4) is 0 Å². The van der Waals surface area contributed by atoms with Crippen molar-refractivity contribution >= 4 is 38.8 Å². The third kappa shape index (κ3) is 2.74. The fourth-order valence-corrected chi connectivity index (χ4v) is 2.69. The largest absolute Gasteiger partial charge is 0.397 e. The zero-order chi connectivity index (χ0) is 11.5. The number of thiophene rings is 1. The zero-order valence-electron chi connectivity index (χ0n) is 8.83. The van der Waals surface area contributed by atoms with E-state index in [2.05, 4.69) is 37.7 Å². The Kier molecular flexibility index (Phi) is 3.46. The summed E-state index contributed by atoms with van der Waals surface area (Å²) in [5.74, 6) is 0.858. The molecule has 0 fully saturated rings. The molecule has 3 N–H and O–H groups in total. The van der Waals surface area contributed by atoms with Crippen LogP contribution in [0.15, 0.2) is 28.1 Å². The lowest BCUT2D eigenvalue weighted by Crippen LogP contribution is -2.02. The molecule has 0 spiro atoms. The maximum atomic E-state index is 5.70. The van der Waals surface area contributed by atoms with E-state index in [1.807, 2.05) is 19.1 Å². The molecule has 5 heteroatoms. The summed E-state index contributed by atoms with van der Waals surface area (Å²) in [6, 6.07) is 5.86. The minimum Gasteiger partial charge on any atom is -0.397 e. The molecule has 3 nitrogen and oxygen atoms in total. The van der Waals surface area contributed by atoms with Crippen LogP contribution in [0.3, 0.4) is 0 Å². The fourth-order valence-electron chi connectivity index (χ4n) is 1.29. The molecule has 2 heterocycles. The molecule has 0 saturated carbocycles. The van der Waals surface area contributed by atoms with Crippen LogP contribution in [0.25, 0.3) is 0 Å². The SMILES string of the molecule is Cc1nc(NCc2cc(Br)cs2)ccc1N. The summed E-state index contributed by atoms with van der Waals surface area (Å²) < 4.78 is 1.12. The smallest absolute Gasteiger partial charge is 0.126 e. The van der Waals surface area contributed by atoms with Crippen molar-refractivity contribution in [3.05, 3.63) is 38.6 Å². The number of hydrogen-bond acceptors (Lipinski definition) is 4. The van der Waals surface area contributed by atoms with Gasteiger partial charge in [-0.25, -0.2) is 4.98 Å². The lowest BCUT2D eigenvalue weighted by Gasteiger charge is -2.06. The van der Waals surface area contributed by atoms with Gasteiger partial charge in [0, 0.05) is 14.7 Å². The summed E-state index contributed by atoms with van der Waals surface area (Å²) >= 11 is 5.14. The van der Waals surface area contributed by atoms with Crippen LogP contribution in [-0.2, 0) is 6.54 Å². The van der Waals surface area contributed by atoms with Crippen molar-refractivity contribution in [3.63, 3.8) is 0 Å². The van der Waals surface area contributed by atoms with Crippen LogP contribution in [0.4, 0.5) is 11.5 Å². The average Bonchev–Trinajstić information content (AvgIpc) is 2.66. The van der Waals surface area contributed by atoms with Gasteiger partial charge in [-0.05, 0) is 41.1 Å². The van der Waals surface area contributed by atoms with Crippen molar-refractivity contribution in [2.45, 2.75) is 13.5 Å². The molecule has 2 aromatic rings. The van der Waals surface area contributed by atoms with Crippen molar-refractivity contribution in [2.24, 2.45) is 0 Å². The minimum absolute atomic E-state index is 0.726. The van der Waals surface area contributed by atoms with Crippen LogP contribution in [-0.4, -0.2) is 4.98 Å². The van der Waals surface area contributed by atoms with E-state index >= 15 is 0 Å². The number of nitrogen functional groups attached to an aromatic ring is 1. The lowest BCUT2D eigenvalue weighted by atomic mass is 10.3. The predicted octanol–water partition coefficient (Wildman–Crippen LogP) is 3.41. The van der Waals surface area contributed by atoms with E-state index in [1.165, 1.54) is 4.88 Å². The molecule has 0 aliphatic rings. The first-order chi connectivity index (χ1) is 7.65. The zero-order valence-corrected chi connectivity index (χ0v) is 11.2. The number of hydrogen-bond donors (Lipinski definition) is 2. The predicted molar refractivity (Wildman–Crippen MR) is 72.7 cm³/mol. The second kappa shape index (κ2) is 4.84. The molecule has 0 bridgehead atoms. The number of nitrogens with one attached hydrogen (secondary N) is 1. The maximum absolute atomic E-state index is 5.70. The summed E-state index contributed by atoms with van der Waals surface area (Å²) in [7, 11) is 0. The topological polar surface area (TPSA) is 50.9 Å². The summed E-state index contributed by atoms with van der Waals surface area (Å²) in [5.41, 5.74) is 7.29. The molecular formula is C11H12BrN3S. The third-order valence-electron chi connectivity index (χ3n) is 2.19. The van der Waals surface area contributed by atoms with E-state index in [1.54, 1.807) is 11.3 Å². The average molecular weight is 298 g/mol. The molecule has 0 radical (unpaired) electrons. The van der Waals surface area contributed by atoms with E-state index < -0.39 is 0 Å². The first kappa shape index (κ1) is 11.4. The standard InChI is InChI=1S/C11H12BrN3S/c1-7-10(13)2-3-11(15-7)14-5-9-4-8(12)6-16-9/h2-4,6H,5,13H2,1H3,(H,14,15). The van der Waals surface area contributed by atoms with Gasteiger partial charge in [-0.15, -0.1) is 11.3 Å². The highest BCUT2D eigenvalue weighted by atomic mass is 79.9. The van der Waals surface area contributed by atoms with E-state index in [0.29, 0.717) is 0 Å². The van der Waals surface area contributed by atoms with E-state index in [9.17, 15) is 0 Å². The Morgan fingerprint density at radius 1 is 1.50 bits per heavy atom. The number of nitrogens with two attached hydrogens (primary N) is 1. The minimum atomic E-state index is 0.726. The fraction of sp³-hybridized carbons (Fsp3) is 0.182. The van der Waals surface area contributed by atoms with Gasteiger partial charge in [0.05, 0.1) is 17.9 Å². The van der Waals surface area contributed by atoms with Gasteiger partial charge in [0.15, 0.2) is 0 Å². The molecular weight excluding hydrogens is 286 g/mol. The third-order valence-corrected chi connectivity index (χ3v) is 3.89. The van der Waals surface area contributed by atoms with Gasteiger partial charge in [-0.1, -0.05) is 0 Å². The Morgan fingerprint density at radius 3 is 2.94 bits per heavy atom. The molecule has 0 atom stereocenters. The number of aryl methyl sites for hydroxylation is 1. The monoisotopic (exact) mass is 297 g/mol. The van der Waals surface area contributed by atoms with Crippen molar-refractivity contribution < 1.29 is 0 Å². The van der Waals surface area contributed by atoms with E-state index in [0.717, 1.165) is 28.2 Å². The molecule has 2 aromatic heterocycles. The van der Waals surface area contributed by atoms with Gasteiger partial charge in [0.2, 0.25) is 0 Å². The normalized spacial score (nSPS) is 10.4. The first-order valence-corrected chi connectivity index (χ1v) is 6.52. The molecule has 2 rings (SSSR count). The number of pyridine rings is 1. The highest BCUT2D eigenvalue weighted by Crippen LogP contribution is 2.20. The second-order valence-electron chi connectivity index (χ2n) is 3.46. The summed E-state index contributed by atoms with van der Waals surface area (Å²) in [5, 5.41) is 5.33. The Morgan fingerprint density at radius 2 is 2.31 bits per heavy atom. The van der Waals surface area contributed by atoms with Crippen LogP contribution >= 0.6 is 27.3 Å². The molecule has 0 aliphatic carbocycles. The van der Waals surface area contributed by atoms with Crippen LogP contribution in [0.1, 0.15) is 10.6 Å². The van der Waals surface area contributed by atoms with Crippen LogP contribution < -0.4 is 11.1 Å². The molecule has 0 aromatic carbocycles. The van der Waals surface area contributed by atoms with Crippen molar-refractivity contribution in [1.82, 2.24) is 4.98 Å². The number of anilines is 2. The summed E-state index contributed by atoms with van der Waals surface area (Å²) in [4.78, 5) is 5.62. The van der Waals surface area contributed by atoms with Gasteiger partial charge in [-0.2, -0.15) is 0 Å². The van der Waals surface area contributed by atoms with Gasteiger partial charge in [0.1, 0.15) is 5.82 Å². The quantitative estimate of drug-likeness (QED) is 0.913. The molecule has 16 heavy (non-hydrogen) atoms. The second-order valence-corrected chi connectivity index (χ2v) is 5.37. The lowest BCUT2D eigenvalue weighted by molar-refractivity contribution is 1.11. The molecule has 0 unspecified atom stereocenters. The Bertz CT molecular complexity index is 496. The number of nitrogens with zero attached hydrogens (tertiary/aromatic N) is 1. The van der Waals surface area contributed by atoms with Crippen molar-refractivity contribution in [2.75, 3.05) is 11.1 Å². The van der Waals surface area contributed by atoms with E-state index in [4.69, 9.17) is 5.73 Å². The van der Waals surface area contributed by atoms with Gasteiger partial charge in [-0.3, -0.25) is 0 Å². The van der Waals surface area contributed by atoms with Gasteiger partial charge < -0.3 is 11.1 Å². The number of aromatic nitrogens is 1. The summed E-state index contributed by atoms with van der Waals surface area (Å²) in [6.45, 7) is 2.69. The molecule has 0 saturated heterocycles. The van der Waals surface area contributed by atoms with Gasteiger partial charge >= 0.3 is 0 Å². The molecule has 84 valence electrons. The van der Waals surface area contributed by atoms with Crippen LogP contribution in [0.2, 0.25) is 0 Å². The Hall–Kier alpha value is -1.07. The van der Waals surface area contributed by atoms with Crippen LogP contribution in [0, 0.1) is 6.92 Å². The maximum Gasteiger partial charge on any atom is 0.126 e. The van der Waals surface area contributed by atoms with Crippen molar-refractivity contribution in [1.29, 1.82) is 0 Å². The molecule has 0 amide bonds. The highest BCUT2D eigenvalue weighted by molar-refractivity contribution is 9.10. The highest BCUT2D eigenvalue weighted by Gasteiger charge is 2.00. The summed E-state index contributed by atoms with van der Waals surface area (Å²) in [6.07, 6.45) is 0. The number of rotatable bonds is 3. The Labute approximate surface area is 107 Å². The molecule has 0 aliphatic heterocycles. The van der Waals surface area contributed by atoms with Crippen LogP contribution in [0.5, 0.6) is 0 Å². The number of halogens is 1.